The highest BCUT2D eigenvalue weighted by Gasteiger charge is 2.19. The van der Waals surface area contributed by atoms with Gasteiger partial charge in [-0.15, -0.1) is 0 Å². The topological polar surface area (TPSA) is 64.6 Å². The van der Waals surface area contributed by atoms with E-state index >= 15 is 0 Å². The largest absolute Gasteiger partial charge is 0.496 e. The van der Waals surface area contributed by atoms with Crippen molar-refractivity contribution in [3.8, 4) is 5.75 Å². The Morgan fingerprint density at radius 1 is 1.08 bits per heavy atom. The number of esters is 1. The van der Waals surface area contributed by atoms with Gasteiger partial charge in [0.05, 0.1) is 13.5 Å². The third-order valence-corrected chi connectivity index (χ3v) is 3.98. The van der Waals surface area contributed by atoms with Crippen molar-refractivity contribution in [3.63, 3.8) is 0 Å². The van der Waals surface area contributed by atoms with E-state index in [9.17, 15) is 9.59 Å². The SMILES string of the molecule is COc1ccccc1CC(=O)O[C@@H](C)C(=O)NCc1ccccc1Cl. The van der Waals surface area contributed by atoms with Crippen molar-refractivity contribution in [2.75, 3.05) is 7.11 Å². The number of methoxy groups -OCH3 is 1. The number of nitrogens with one attached hydrogen (secondary N) is 1. The number of hydrogen-bond acceptors (Lipinski definition) is 4. The first-order valence-corrected chi connectivity index (χ1v) is 8.21. The number of hydrogen-bond donors (Lipinski definition) is 1. The monoisotopic (exact) mass is 361 g/mol. The second kappa shape index (κ2) is 9.08. The van der Waals surface area contributed by atoms with Crippen molar-refractivity contribution in [3.05, 3.63) is 64.7 Å². The second-order valence-electron chi connectivity index (χ2n) is 5.43. The van der Waals surface area contributed by atoms with Crippen LogP contribution in [0.2, 0.25) is 5.02 Å². The number of ether oxygens (including phenoxy) is 2. The summed E-state index contributed by atoms with van der Waals surface area (Å²) in [7, 11) is 1.54. The Bertz CT molecular complexity index is 748. The minimum Gasteiger partial charge on any atom is -0.496 e. The predicted octanol–water partition coefficient (Wildman–Crippen LogP) is 3.14. The standard InChI is InChI=1S/C19H20ClNO4/c1-13(19(23)21-12-15-8-3-5-9-16(15)20)25-18(22)11-14-7-4-6-10-17(14)24-2/h3-10,13H,11-12H2,1-2H3,(H,21,23)/t13-/m0/s1. The molecule has 0 saturated heterocycles. The van der Waals surface area contributed by atoms with Gasteiger partial charge in [-0.1, -0.05) is 48.0 Å². The number of amides is 1. The summed E-state index contributed by atoms with van der Waals surface area (Å²) in [6.45, 7) is 1.80. The summed E-state index contributed by atoms with van der Waals surface area (Å²) in [4.78, 5) is 24.1. The van der Waals surface area contributed by atoms with Crippen molar-refractivity contribution in [2.24, 2.45) is 0 Å². The molecule has 2 aromatic rings. The van der Waals surface area contributed by atoms with E-state index in [-0.39, 0.29) is 18.9 Å². The first-order chi connectivity index (χ1) is 12.0. The summed E-state index contributed by atoms with van der Waals surface area (Å²) < 4.78 is 10.4. The number of carbonyl (C=O) groups is 2. The highest BCUT2D eigenvalue weighted by Crippen LogP contribution is 2.18. The van der Waals surface area contributed by atoms with Crippen LogP contribution in [0.3, 0.4) is 0 Å². The maximum absolute atomic E-state index is 12.1. The third kappa shape index (κ3) is 5.50. The fraction of sp³-hybridized carbons (Fsp3) is 0.263. The molecule has 1 atom stereocenters. The summed E-state index contributed by atoms with van der Waals surface area (Å²) >= 11 is 6.04. The number of benzene rings is 2. The molecule has 1 N–H and O–H groups in total. The Hall–Kier alpha value is -2.53. The molecule has 2 aromatic carbocycles. The van der Waals surface area contributed by atoms with Gasteiger partial charge < -0.3 is 14.8 Å². The van der Waals surface area contributed by atoms with Crippen molar-refractivity contribution in [1.82, 2.24) is 5.32 Å². The molecule has 6 heteroatoms. The lowest BCUT2D eigenvalue weighted by Gasteiger charge is -2.14. The number of para-hydroxylation sites is 1. The lowest BCUT2D eigenvalue weighted by molar-refractivity contribution is -0.154. The molecule has 0 spiro atoms. The van der Waals surface area contributed by atoms with Crippen molar-refractivity contribution in [1.29, 1.82) is 0 Å². The smallest absolute Gasteiger partial charge is 0.311 e. The molecule has 0 fully saturated rings. The van der Waals surface area contributed by atoms with Gasteiger partial charge in [0.15, 0.2) is 6.10 Å². The van der Waals surface area contributed by atoms with Gasteiger partial charge in [0, 0.05) is 17.1 Å². The summed E-state index contributed by atoms with van der Waals surface area (Å²) in [6.07, 6.45) is -0.865. The van der Waals surface area contributed by atoms with Crippen molar-refractivity contribution >= 4 is 23.5 Å². The zero-order valence-electron chi connectivity index (χ0n) is 14.1. The van der Waals surface area contributed by atoms with E-state index in [0.29, 0.717) is 16.3 Å². The first kappa shape index (κ1) is 18.8. The Morgan fingerprint density at radius 3 is 2.40 bits per heavy atom. The zero-order valence-corrected chi connectivity index (χ0v) is 14.9. The Labute approximate surface area is 151 Å². The molecule has 0 unspecified atom stereocenters. The molecule has 132 valence electrons. The Morgan fingerprint density at radius 2 is 1.72 bits per heavy atom. The van der Waals surface area contributed by atoms with E-state index in [1.54, 1.807) is 18.2 Å². The van der Waals surface area contributed by atoms with Crippen molar-refractivity contribution < 1.29 is 19.1 Å². The summed E-state index contributed by atoms with van der Waals surface area (Å²) in [5.41, 5.74) is 1.50. The van der Waals surface area contributed by atoms with Crippen molar-refractivity contribution in [2.45, 2.75) is 26.0 Å². The van der Waals surface area contributed by atoms with Crippen LogP contribution in [0.1, 0.15) is 18.1 Å². The molecule has 0 radical (unpaired) electrons. The van der Waals surface area contributed by atoms with Crippen LogP contribution in [-0.4, -0.2) is 25.1 Å². The minimum atomic E-state index is -0.898. The van der Waals surface area contributed by atoms with Gasteiger partial charge in [-0.3, -0.25) is 9.59 Å². The fourth-order valence-electron chi connectivity index (χ4n) is 2.26. The second-order valence-corrected chi connectivity index (χ2v) is 5.84. The average molecular weight is 362 g/mol. The molecule has 0 aromatic heterocycles. The first-order valence-electron chi connectivity index (χ1n) is 7.83. The number of rotatable bonds is 7. The van der Waals surface area contributed by atoms with E-state index in [1.165, 1.54) is 14.0 Å². The van der Waals surface area contributed by atoms with E-state index in [0.717, 1.165) is 5.56 Å². The summed E-state index contributed by atoms with van der Waals surface area (Å²) in [6, 6.07) is 14.4. The van der Waals surface area contributed by atoms with Gasteiger partial charge in [0.2, 0.25) is 0 Å². The van der Waals surface area contributed by atoms with Crippen LogP contribution in [-0.2, 0) is 27.3 Å². The quantitative estimate of drug-likeness (QED) is 0.769. The lowest BCUT2D eigenvalue weighted by Crippen LogP contribution is -2.35. The molecule has 0 saturated carbocycles. The van der Waals surface area contributed by atoms with Gasteiger partial charge in [0.1, 0.15) is 5.75 Å². The minimum absolute atomic E-state index is 0.0339. The molecule has 5 nitrogen and oxygen atoms in total. The normalized spacial score (nSPS) is 11.5. The molecule has 0 heterocycles. The third-order valence-electron chi connectivity index (χ3n) is 3.62. The highest BCUT2D eigenvalue weighted by molar-refractivity contribution is 6.31. The highest BCUT2D eigenvalue weighted by atomic mass is 35.5. The predicted molar refractivity (Wildman–Crippen MR) is 95.6 cm³/mol. The molecule has 0 aliphatic heterocycles. The Balaban J connectivity index is 1.86. The number of carbonyl (C=O) groups excluding carboxylic acids is 2. The van der Waals surface area contributed by atoms with Crippen LogP contribution >= 0.6 is 11.6 Å². The van der Waals surface area contributed by atoms with Crippen LogP contribution < -0.4 is 10.1 Å². The molecule has 2 rings (SSSR count). The maximum Gasteiger partial charge on any atom is 0.311 e. The molecule has 0 aliphatic rings. The zero-order chi connectivity index (χ0) is 18.2. The van der Waals surface area contributed by atoms with E-state index in [4.69, 9.17) is 21.1 Å². The molecule has 0 aliphatic carbocycles. The van der Waals surface area contributed by atoms with Crippen LogP contribution in [0.5, 0.6) is 5.75 Å². The van der Waals surface area contributed by atoms with Gasteiger partial charge >= 0.3 is 5.97 Å². The van der Waals surface area contributed by atoms with E-state index in [1.807, 2.05) is 30.3 Å². The molecule has 0 bridgehead atoms. The summed E-state index contributed by atoms with van der Waals surface area (Å²) in [5.74, 6) is -0.270. The van der Waals surface area contributed by atoms with Gasteiger partial charge in [-0.25, -0.2) is 0 Å². The molecular weight excluding hydrogens is 342 g/mol. The van der Waals surface area contributed by atoms with Crippen LogP contribution in [0.25, 0.3) is 0 Å². The average Bonchev–Trinajstić information content (AvgIpc) is 2.61. The van der Waals surface area contributed by atoms with Crippen LogP contribution in [0.15, 0.2) is 48.5 Å². The Kier molecular flexibility index (Phi) is 6.83. The lowest BCUT2D eigenvalue weighted by atomic mass is 10.1. The maximum atomic E-state index is 12.1. The molecule has 25 heavy (non-hydrogen) atoms. The number of halogens is 1. The van der Waals surface area contributed by atoms with Gasteiger partial charge in [-0.2, -0.15) is 0 Å². The van der Waals surface area contributed by atoms with Gasteiger partial charge in [-0.05, 0) is 24.6 Å². The van der Waals surface area contributed by atoms with Crippen LogP contribution in [0, 0.1) is 0 Å². The molecule has 1 amide bonds. The van der Waals surface area contributed by atoms with E-state index < -0.39 is 12.1 Å². The van der Waals surface area contributed by atoms with Gasteiger partial charge in [0.25, 0.3) is 5.91 Å². The fourth-order valence-corrected chi connectivity index (χ4v) is 2.47. The van der Waals surface area contributed by atoms with Crippen LogP contribution in [0.4, 0.5) is 0 Å². The summed E-state index contributed by atoms with van der Waals surface area (Å²) in [5, 5.41) is 3.28. The van der Waals surface area contributed by atoms with E-state index in [2.05, 4.69) is 5.32 Å². The molecular formula is C19H20ClNO4.